The summed E-state index contributed by atoms with van der Waals surface area (Å²) in [7, 11) is 1.73. The van der Waals surface area contributed by atoms with E-state index in [2.05, 4.69) is 26.3 Å². The predicted molar refractivity (Wildman–Crippen MR) is 75.0 cm³/mol. The van der Waals surface area contributed by atoms with Crippen LogP contribution in [0.15, 0.2) is 28.9 Å². The lowest BCUT2D eigenvalue weighted by atomic mass is 10.1. The van der Waals surface area contributed by atoms with Crippen LogP contribution < -0.4 is 5.32 Å². The lowest BCUT2D eigenvalue weighted by Crippen LogP contribution is -2.09. The maximum absolute atomic E-state index is 13.0. The molecule has 0 aliphatic heterocycles. The number of aromatic nitrogens is 2. The number of hydrogen-bond acceptors (Lipinski definition) is 2. The Morgan fingerprint density at radius 2 is 2.00 bits per heavy atom. The fourth-order valence-corrected chi connectivity index (χ4v) is 2.27. The van der Waals surface area contributed by atoms with Gasteiger partial charge in [-0.15, -0.1) is 0 Å². The molecule has 0 aliphatic rings. The smallest absolute Gasteiger partial charge is 0.352 e. The first kappa shape index (κ1) is 14.9. The van der Waals surface area contributed by atoms with Gasteiger partial charge in [-0.25, -0.2) is 0 Å². The van der Waals surface area contributed by atoms with Crippen molar-refractivity contribution in [1.29, 1.82) is 0 Å². The van der Waals surface area contributed by atoms with Gasteiger partial charge in [-0.3, -0.25) is 4.68 Å². The van der Waals surface area contributed by atoms with Crippen LogP contribution in [-0.2, 0) is 19.6 Å². The normalized spacial score (nSPS) is 11.7. The van der Waals surface area contributed by atoms with Crippen LogP contribution in [0.3, 0.4) is 0 Å². The third kappa shape index (κ3) is 3.15. The molecule has 0 saturated heterocycles. The summed E-state index contributed by atoms with van der Waals surface area (Å²) in [6, 6.07) is 4.03. The maximum Gasteiger partial charge on any atom is 0.418 e. The molecule has 0 fully saturated rings. The van der Waals surface area contributed by atoms with Gasteiger partial charge >= 0.3 is 6.18 Å². The second-order valence-electron chi connectivity index (χ2n) is 4.33. The fraction of sp³-hybridized carbons (Fsp3) is 0.308. The van der Waals surface area contributed by atoms with Gasteiger partial charge in [0.15, 0.2) is 0 Å². The molecule has 3 nitrogen and oxygen atoms in total. The van der Waals surface area contributed by atoms with Gasteiger partial charge in [0.05, 0.1) is 22.6 Å². The molecule has 2 rings (SSSR count). The number of nitrogens with one attached hydrogen (secondary N) is 1. The molecule has 0 amide bonds. The Morgan fingerprint density at radius 3 is 2.60 bits per heavy atom. The molecule has 0 atom stereocenters. The Labute approximate surface area is 122 Å². The quantitative estimate of drug-likeness (QED) is 0.885. The van der Waals surface area contributed by atoms with Crippen molar-refractivity contribution in [2.45, 2.75) is 19.5 Å². The number of anilines is 2. The van der Waals surface area contributed by atoms with E-state index >= 15 is 0 Å². The standard InChI is InChI=1S/C13H13BrF3N3/c1-3-10-12(7-20(2)19-10)18-11-5-4-8(14)6-9(11)13(15,16)17/h4-7,18H,3H2,1-2H3. The van der Waals surface area contributed by atoms with E-state index in [1.165, 1.54) is 6.07 Å². The van der Waals surface area contributed by atoms with Crippen molar-refractivity contribution in [2.75, 3.05) is 5.32 Å². The first-order chi connectivity index (χ1) is 9.31. The Bertz CT molecular complexity index is 620. The second kappa shape index (κ2) is 5.47. The van der Waals surface area contributed by atoms with Gasteiger partial charge in [0.25, 0.3) is 0 Å². The third-order valence-corrected chi connectivity index (χ3v) is 3.29. The number of alkyl halides is 3. The largest absolute Gasteiger partial charge is 0.418 e. The average Bonchev–Trinajstić information content (AvgIpc) is 2.70. The fourth-order valence-electron chi connectivity index (χ4n) is 1.91. The van der Waals surface area contributed by atoms with E-state index in [-0.39, 0.29) is 5.69 Å². The third-order valence-electron chi connectivity index (χ3n) is 2.80. The molecule has 1 heterocycles. The van der Waals surface area contributed by atoms with Crippen molar-refractivity contribution >= 4 is 27.3 Å². The number of nitrogens with zero attached hydrogens (tertiary/aromatic N) is 2. The molecular weight excluding hydrogens is 335 g/mol. The summed E-state index contributed by atoms with van der Waals surface area (Å²) >= 11 is 3.06. The van der Waals surface area contributed by atoms with Gasteiger partial charge in [0.2, 0.25) is 0 Å². The zero-order valence-electron chi connectivity index (χ0n) is 10.9. The van der Waals surface area contributed by atoms with Gasteiger partial charge in [-0.1, -0.05) is 22.9 Å². The maximum atomic E-state index is 13.0. The summed E-state index contributed by atoms with van der Waals surface area (Å²) in [5.74, 6) is 0. The summed E-state index contributed by atoms with van der Waals surface area (Å²) in [5.41, 5.74) is 0.618. The number of hydrogen-bond donors (Lipinski definition) is 1. The van der Waals surface area contributed by atoms with Crippen molar-refractivity contribution in [1.82, 2.24) is 9.78 Å². The minimum Gasteiger partial charge on any atom is -0.352 e. The van der Waals surface area contributed by atoms with Crippen LogP contribution in [0.4, 0.5) is 24.5 Å². The van der Waals surface area contributed by atoms with Crippen molar-refractivity contribution in [3.63, 3.8) is 0 Å². The highest BCUT2D eigenvalue weighted by Gasteiger charge is 2.34. The topological polar surface area (TPSA) is 29.9 Å². The highest BCUT2D eigenvalue weighted by Crippen LogP contribution is 2.38. The molecular formula is C13H13BrF3N3. The van der Waals surface area contributed by atoms with E-state index in [9.17, 15) is 13.2 Å². The van der Waals surface area contributed by atoms with E-state index in [1.54, 1.807) is 24.0 Å². The molecule has 0 radical (unpaired) electrons. The minimum atomic E-state index is -4.42. The highest BCUT2D eigenvalue weighted by atomic mass is 79.9. The molecule has 1 N–H and O–H groups in total. The Morgan fingerprint density at radius 1 is 1.30 bits per heavy atom. The molecule has 0 aliphatic carbocycles. The summed E-state index contributed by atoms with van der Waals surface area (Å²) in [5, 5.41) is 7.02. The monoisotopic (exact) mass is 347 g/mol. The van der Waals surface area contributed by atoms with Crippen LogP contribution in [0, 0.1) is 0 Å². The predicted octanol–water partition coefficient (Wildman–Crippen LogP) is 4.51. The van der Waals surface area contributed by atoms with Crippen molar-refractivity contribution in [3.05, 3.63) is 40.1 Å². The van der Waals surface area contributed by atoms with Gasteiger partial charge in [0.1, 0.15) is 0 Å². The highest BCUT2D eigenvalue weighted by molar-refractivity contribution is 9.10. The minimum absolute atomic E-state index is 0.0170. The van der Waals surface area contributed by atoms with E-state index in [4.69, 9.17) is 0 Å². The van der Waals surface area contributed by atoms with Crippen molar-refractivity contribution < 1.29 is 13.2 Å². The number of rotatable bonds is 3. The molecule has 0 bridgehead atoms. The SMILES string of the molecule is CCc1nn(C)cc1Nc1ccc(Br)cc1C(F)(F)F. The summed E-state index contributed by atoms with van der Waals surface area (Å²) in [6.45, 7) is 1.90. The molecule has 2 aromatic rings. The molecule has 0 spiro atoms. The first-order valence-corrected chi connectivity index (χ1v) is 6.77. The van der Waals surface area contributed by atoms with Gasteiger partial charge in [-0.05, 0) is 24.6 Å². The van der Waals surface area contributed by atoms with Crippen molar-refractivity contribution in [3.8, 4) is 0 Å². The summed E-state index contributed by atoms with van der Waals surface area (Å²) < 4.78 is 41.1. The summed E-state index contributed by atoms with van der Waals surface area (Å²) in [4.78, 5) is 0. The molecule has 7 heteroatoms. The van der Waals surface area contributed by atoms with E-state index in [1.807, 2.05) is 6.92 Å². The average molecular weight is 348 g/mol. The van der Waals surface area contributed by atoms with Crippen LogP contribution in [0.5, 0.6) is 0 Å². The van der Waals surface area contributed by atoms with Crippen LogP contribution in [0.2, 0.25) is 0 Å². The number of halogens is 4. The molecule has 0 unspecified atom stereocenters. The molecule has 1 aromatic heterocycles. The zero-order valence-corrected chi connectivity index (χ0v) is 12.5. The number of aryl methyl sites for hydroxylation is 2. The van der Waals surface area contributed by atoms with Crippen LogP contribution >= 0.6 is 15.9 Å². The Kier molecular flexibility index (Phi) is 4.08. The second-order valence-corrected chi connectivity index (χ2v) is 5.25. The lowest BCUT2D eigenvalue weighted by molar-refractivity contribution is -0.137. The zero-order chi connectivity index (χ0) is 14.9. The summed E-state index contributed by atoms with van der Waals surface area (Å²) in [6.07, 6.45) is -2.11. The van der Waals surface area contributed by atoms with Crippen LogP contribution in [0.25, 0.3) is 0 Å². The van der Waals surface area contributed by atoms with Gasteiger partial charge < -0.3 is 5.32 Å². The molecule has 20 heavy (non-hydrogen) atoms. The van der Waals surface area contributed by atoms with Gasteiger partial charge in [-0.2, -0.15) is 18.3 Å². The molecule has 1 aromatic carbocycles. The van der Waals surface area contributed by atoms with Crippen LogP contribution in [0.1, 0.15) is 18.2 Å². The van der Waals surface area contributed by atoms with Crippen molar-refractivity contribution in [2.24, 2.45) is 7.05 Å². The van der Waals surface area contributed by atoms with Gasteiger partial charge in [0, 0.05) is 17.7 Å². The first-order valence-electron chi connectivity index (χ1n) is 5.97. The Hall–Kier alpha value is -1.50. The van der Waals surface area contributed by atoms with E-state index < -0.39 is 11.7 Å². The molecule has 108 valence electrons. The lowest BCUT2D eigenvalue weighted by Gasteiger charge is -2.14. The Balaban J connectivity index is 2.43. The van der Waals surface area contributed by atoms with Crippen LogP contribution in [-0.4, -0.2) is 9.78 Å². The number of benzene rings is 1. The van der Waals surface area contributed by atoms with E-state index in [0.717, 1.165) is 11.8 Å². The molecule has 0 saturated carbocycles. The van der Waals surface area contributed by atoms with E-state index in [0.29, 0.717) is 16.6 Å².